The number of nitrogens with zero attached hydrogens (tertiary/aromatic N) is 5. The van der Waals surface area contributed by atoms with Gasteiger partial charge in [-0.1, -0.05) is 35.6 Å². The van der Waals surface area contributed by atoms with E-state index >= 15 is 0 Å². The molecule has 0 aliphatic carbocycles. The van der Waals surface area contributed by atoms with Crippen LogP contribution in [0.2, 0.25) is 0 Å². The van der Waals surface area contributed by atoms with Crippen molar-refractivity contribution in [2.75, 3.05) is 11.9 Å². The maximum absolute atomic E-state index is 8.99. The van der Waals surface area contributed by atoms with Crippen LogP contribution in [0, 0.1) is 11.3 Å². The summed E-state index contributed by atoms with van der Waals surface area (Å²) in [4.78, 5) is 12.2. The molecule has 0 bridgehead atoms. The number of pyridine rings is 1. The Bertz CT molecular complexity index is 1230. The number of nitrogens with one attached hydrogen (secondary N) is 1. The van der Waals surface area contributed by atoms with Gasteiger partial charge in [0.25, 0.3) is 0 Å². The predicted octanol–water partition coefficient (Wildman–Crippen LogP) is 4.98. The molecule has 1 fully saturated rings. The molecule has 1 saturated heterocycles. The van der Waals surface area contributed by atoms with E-state index in [1.54, 1.807) is 6.20 Å². The van der Waals surface area contributed by atoms with Gasteiger partial charge in [-0.2, -0.15) is 5.26 Å². The van der Waals surface area contributed by atoms with E-state index in [4.69, 9.17) is 10.2 Å². The number of fused-ring (bicyclic) bond motifs is 1. The van der Waals surface area contributed by atoms with Crippen molar-refractivity contribution in [2.24, 2.45) is 7.05 Å². The molecule has 4 aromatic rings. The van der Waals surface area contributed by atoms with Crippen molar-refractivity contribution < 1.29 is 0 Å². The fourth-order valence-corrected chi connectivity index (χ4v) is 4.94. The van der Waals surface area contributed by atoms with Crippen LogP contribution in [-0.4, -0.2) is 26.0 Å². The number of para-hydroxylation sites is 1. The van der Waals surface area contributed by atoms with Gasteiger partial charge in [-0.15, -0.1) is 0 Å². The van der Waals surface area contributed by atoms with Crippen LogP contribution >= 0.6 is 11.3 Å². The summed E-state index contributed by atoms with van der Waals surface area (Å²) < 4.78 is 2.21. The number of hydrogen-bond acceptors (Lipinski definition) is 6. The second-order valence-corrected chi connectivity index (χ2v) is 8.66. The number of benzene rings is 1. The molecular weight excluding hydrogens is 392 g/mol. The molecule has 1 unspecified atom stereocenters. The monoisotopic (exact) mass is 414 g/mol. The highest BCUT2D eigenvalue weighted by Crippen LogP contribution is 2.34. The Morgan fingerprint density at radius 3 is 3.00 bits per heavy atom. The Balaban J connectivity index is 1.37. The minimum atomic E-state index is 0.302. The fraction of sp³-hybridized carbons (Fsp3) is 0.261. The normalized spacial score (nSPS) is 16.7. The average molecular weight is 415 g/mol. The smallest absolute Gasteiger partial charge is 0.189 e. The quantitative estimate of drug-likeness (QED) is 0.499. The second kappa shape index (κ2) is 7.90. The first kappa shape index (κ1) is 18.8. The van der Waals surface area contributed by atoms with Gasteiger partial charge in [-0.25, -0.2) is 9.97 Å². The van der Waals surface area contributed by atoms with E-state index in [2.05, 4.69) is 69.4 Å². The van der Waals surface area contributed by atoms with Gasteiger partial charge in [0.05, 0.1) is 17.9 Å². The van der Waals surface area contributed by atoms with E-state index in [0.29, 0.717) is 16.1 Å². The Morgan fingerprint density at radius 1 is 1.23 bits per heavy atom. The van der Waals surface area contributed by atoms with Crippen molar-refractivity contribution in [2.45, 2.75) is 25.4 Å². The van der Waals surface area contributed by atoms with Gasteiger partial charge < -0.3 is 9.88 Å². The van der Waals surface area contributed by atoms with Crippen LogP contribution in [0.15, 0.2) is 54.9 Å². The van der Waals surface area contributed by atoms with Gasteiger partial charge in [-0.3, -0.25) is 4.90 Å². The Kier molecular flexibility index (Phi) is 4.95. The lowest BCUT2D eigenvalue weighted by Crippen LogP contribution is -2.23. The molecule has 30 heavy (non-hydrogen) atoms. The molecule has 0 saturated carbocycles. The number of likely N-dealkylation sites (tertiary alicyclic amines) is 1. The number of thiazole rings is 1. The third-order valence-electron chi connectivity index (χ3n) is 5.68. The van der Waals surface area contributed by atoms with Gasteiger partial charge in [0, 0.05) is 30.7 Å². The van der Waals surface area contributed by atoms with Crippen molar-refractivity contribution in [3.63, 3.8) is 0 Å². The van der Waals surface area contributed by atoms with Crippen LogP contribution in [0.25, 0.3) is 10.9 Å². The number of hydrogen-bond donors (Lipinski definition) is 1. The van der Waals surface area contributed by atoms with Gasteiger partial charge in [-0.05, 0) is 43.1 Å². The Morgan fingerprint density at radius 2 is 2.13 bits per heavy atom. The first-order valence-corrected chi connectivity index (χ1v) is 10.9. The molecule has 0 amide bonds. The summed E-state index contributed by atoms with van der Waals surface area (Å²) in [6.07, 6.45) is 6.12. The lowest BCUT2D eigenvalue weighted by Gasteiger charge is -2.24. The Labute approximate surface area is 179 Å². The molecule has 0 spiro atoms. The maximum atomic E-state index is 8.99. The average Bonchev–Trinajstić information content (AvgIpc) is 3.49. The number of nitriles is 1. The minimum Gasteiger partial charge on any atom is -0.350 e. The molecule has 4 heterocycles. The second-order valence-electron chi connectivity index (χ2n) is 7.63. The SMILES string of the molecule is Cn1cc(CN2CCCC2c2cccc(Nc3ncc(C#N)s3)n2)c2ccccc21. The summed E-state index contributed by atoms with van der Waals surface area (Å²) in [5, 5.41) is 14.2. The van der Waals surface area contributed by atoms with Crippen LogP contribution in [-0.2, 0) is 13.6 Å². The molecule has 0 radical (unpaired) electrons. The summed E-state index contributed by atoms with van der Waals surface area (Å²) in [6.45, 7) is 1.99. The summed E-state index contributed by atoms with van der Waals surface area (Å²) in [6, 6.07) is 17.1. The molecule has 1 atom stereocenters. The van der Waals surface area contributed by atoms with Crippen LogP contribution < -0.4 is 5.32 Å². The molecule has 1 aromatic carbocycles. The van der Waals surface area contributed by atoms with E-state index < -0.39 is 0 Å². The van der Waals surface area contributed by atoms with Crippen LogP contribution in [0.4, 0.5) is 10.9 Å². The summed E-state index contributed by atoms with van der Waals surface area (Å²) in [5.74, 6) is 0.767. The molecule has 1 aliphatic heterocycles. The standard InChI is InChI=1S/C23H22N6S/c1-28-14-16(18-6-2-3-8-20(18)28)15-29-11-5-9-21(29)19-7-4-10-22(26-19)27-23-25-13-17(12-24)30-23/h2-4,6-8,10,13-14,21H,5,9,11,15H2,1H3,(H,25,26,27). The zero-order valence-electron chi connectivity index (χ0n) is 16.7. The van der Waals surface area contributed by atoms with Crippen LogP contribution in [0.3, 0.4) is 0 Å². The summed E-state index contributed by atoms with van der Waals surface area (Å²) >= 11 is 1.34. The van der Waals surface area contributed by atoms with Gasteiger partial charge in [0.15, 0.2) is 5.13 Å². The lowest BCUT2D eigenvalue weighted by molar-refractivity contribution is 0.245. The first-order chi connectivity index (χ1) is 14.7. The molecule has 1 aliphatic rings. The van der Waals surface area contributed by atoms with Crippen molar-refractivity contribution in [3.8, 4) is 6.07 Å². The number of aromatic nitrogens is 3. The van der Waals surface area contributed by atoms with E-state index in [9.17, 15) is 0 Å². The largest absolute Gasteiger partial charge is 0.350 e. The molecule has 150 valence electrons. The molecule has 5 rings (SSSR count). The predicted molar refractivity (Wildman–Crippen MR) is 120 cm³/mol. The first-order valence-electron chi connectivity index (χ1n) is 10.1. The van der Waals surface area contributed by atoms with Gasteiger partial charge >= 0.3 is 0 Å². The lowest BCUT2D eigenvalue weighted by atomic mass is 10.1. The summed E-state index contributed by atoms with van der Waals surface area (Å²) in [5.41, 5.74) is 3.71. The minimum absolute atomic E-state index is 0.302. The van der Waals surface area contributed by atoms with E-state index in [0.717, 1.165) is 31.0 Å². The highest BCUT2D eigenvalue weighted by atomic mass is 32.1. The van der Waals surface area contributed by atoms with E-state index in [-0.39, 0.29) is 0 Å². The zero-order chi connectivity index (χ0) is 20.5. The van der Waals surface area contributed by atoms with Crippen molar-refractivity contribution in [3.05, 3.63) is 71.0 Å². The van der Waals surface area contributed by atoms with E-state index in [1.165, 1.54) is 34.2 Å². The molecule has 1 N–H and O–H groups in total. The molecule has 6 nitrogen and oxygen atoms in total. The Hall–Kier alpha value is -3.21. The van der Waals surface area contributed by atoms with Crippen LogP contribution in [0.5, 0.6) is 0 Å². The maximum Gasteiger partial charge on any atom is 0.189 e. The number of aryl methyl sites for hydroxylation is 1. The van der Waals surface area contributed by atoms with Crippen molar-refractivity contribution in [1.82, 2.24) is 19.4 Å². The topological polar surface area (TPSA) is 69.8 Å². The molecular formula is C23H22N6S. The van der Waals surface area contributed by atoms with Crippen LogP contribution in [0.1, 0.15) is 35.0 Å². The van der Waals surface area contributed by atoms with Gasteiger partial charge in [0.1, 0.15) is 16.8 Å². The summed E-state index contributed by atoms with van der Waals surface area (Å²) in [7, 11) is 2.11. The van der Waals surface area contributed by atoms with Gasteiger partial charge in [0.2, 0.25) is 0 Å². The molecule has 3 aromatic heterocycles. The fourth-order valence-electron chi connectivity index (χ4n) is 4.32. The van der Waals surface area contributed by atoms with Crippen molar-refractivity contribution >= 4 is 33.2 Å². The molecule has 7 heteroatoms. The third kappa shape index (κ3) is 3.56. The third-order valence-corrected chi connectivity index (χ3v) is 6.50. The van der Waals surface area contributed by atoms with Crippen molar-refractivity contribution in [1.29, 1.82) is 5.26 Å². The highest BCUT2D eigenvalue weighted by molar-refractivity contribution is 7.16. The highest BCUT2D eigenvalue weighted by Gasteiger charge is 2.28. The van der Waals surface area contributed by atoms with E-state index in [1.807, 2.05) is 12.1 Å². The number of anilines is 2. The zero-order valence-corrected chi connectivity index (χ0v) is 17.6. The number of rotatable bonds is 5.